The number of aliphatic hydroxyl groups excluding tert-OH is 4. The summed E-state index contributed by atoms with van der Waals surface area (Å²) in [7, 11) is 1.61. The normalized spacial score (nSPS) is 27.2. The van der Waals surface area contributed by atoms with Crippen molar-refractivity contribution in [3.63, 3.8) is 0 Å². The highest BCUT2D eigenvalue weighted by atomic mass is 35.5. The number of carboxylic acids is 2. The zero-order valence-corrected chi connectivity index (χ0v) is 25.2. The lowest BCUT2D eigenvalue weighted by molar-refractivity contribution is -0.231. The predicted molar refractivity (Wildman–Crippen MR) is 160 cm³/mol. The summed E-state index contributed by atoms with van der Waals surface area (Å²) in [5.74, 6) is -0.822. The van der Waals surface area contributed by atoms with Crippen molar-refractivity contribution in [3.8, 4) is 0 Å². The number of aliphatic hydroxyl groups is 4. The molecule has 1 aliphatic carbocycles. The maximum absolute atomic E-state index is 10.4. The molecule has 0 amide bonds. The van der Waals surface area contributed by atoms with Gasteiger partial charge in [0.1, 0.15) is 42.6 Å². The highest BCUT2D eigenvalue weighted by molar-refractivity contribution is 6.31. The van der Waals surface area contributed by atoms with Crippen molar-refractivity contribution in [1.29, 1.82) is 0 Å². The van der Waals surface area contributed by atoms with Gasteiger partial charge in [-0.15, -0.1) is 0 Å². The summed E-state index contributed by atoms with van der Waals surface area (Å²) in [5, 5.41) is 62.3. The minimum atomic E-state index is -1.40. The van der Waals surface area contributed by atoms with E-state index in [4.69, 9.17) is 26.6 Å². The lowest BCUT2D eigenvalue weighted by Gasteiger charge is -2.40. The van der Waals surface area contributed by atoms with E-state index >= 15 is 0 Å². The molecule has 2 aromatic carbocycles. The van der Waals surface area contributed by atoms with Gasteiger partial charge in [0.25, 0.3) is 0 Å². The molecule has 2 aliphatic heterocycles. The number of carboxylic acid groups (broad SMARTS) is 2. The molecule has 7 atom stereocenters. The molecule has 3 fully saturated rings. The van der Waals surface area contributed by atoms with Gasteiger partial charge in [-0.05, 0) is 86.9 Å². The summed E-state index contributed by atoms with van der Waals surface area (Å²) in [6.07, 6.45) is -0.899. The van der Waals surface area contributed by atoms with Gasteiger partial charge in [0.2, 0.25) is 0 Å². The summed E-state index contributed by atoms with van der Waals surface area (Å²) in [4.78, 5) is 20.0. The van der Waals surface area contributed by atoms with Gasteiger partial charge in [-0.1, -0.05) is 48.0 Å². The maximum atomic E-state index is 10.4. The van der Waals surface area contributed by atoms with E-state index in [9.17, 15) is 30.0 Å². The number of hydrogen-bond acceptors (Lipinski definition) is 9. The second-order valence-corrected chi connectivity index (χ2v) is 11.5. The predicted octanol–water partition coefficient (Wildman–Crippen LogP) is 1.83. The Morgan fingerprint density at radius 2 is 1.65 bits per heavy atom. The molecule has 0 radical (unpaired) electrons. The van der Waals surface area contributed by atoms with Crippen molar-refractivity contribution in [2.45, 2.75) is 87.5 Å². The molecule has 3 aliphatic rings. The average Bonchev–Trinajstić information content (AvgIpc) is 3.70. The van der Waals surface area contributed by atoms with Crippen molar-refractivity contribution in [3.05, 3.63) is 69.7 Å². The topological polar surface area (TPSA) is 189 Å². The molecule has 12 heteroatoms. The number of halogens is 1. The monoisotopic (exact) mass is 622 g/mol. The molecule has 0 bridgehead atoms. The number of carbonyl (C=O) groups is 2. The Hall–Kier alpha value is -2.61. The molecule has 43 heavy (non-hydrogen) atoms. The van der Waals surface area contributed by atoms with Crippen LogP contribution in [0, 0.1) is 0 Å². The molecule has 1 saturated carbocycles. The third-order valence-corrected chi connectivity index (χ3v) is 8.24. The molecular weight excluding hydrogens is 580 g/mol. The van der Waals surface area contributed by atoms with Gasteiger partial charge in [0, 0.05) is 5.02 Å². The van der Waals surface area contributed by atoms with E-state index in [0.29, 0.717) is 22.9 Å². The molecule has 0 aromatic heterocycles. The van der Waals surface area contributed by atoms with Crippen molar-refractivity contribution in [2.75, 3.05) is 20.2 Å². The SMILES string of the molecule is CN[C@@H](C)C(=O)O.O=C(O)[C@@H]1CCCN1.OC[C@H]1O[C@@H](c2ccc(Cl)c(Cc3ccc(C4CC4)cc3)c2)[C@H](O)[C@@H](O)[C@@H]1O. The van der Waals surface area contributed by atoms with Gasteiger partial charge in [0.05, 0.1) is 6.61 Å². The van der Waals surface area contributed by atoms with Crippen LogP contribution in [-0.2, 0) is 20.7 Å². The Morgan fingerprint density at radius 3 is 2.12 bits per heavy atom. The zero-order chi connectivity index (χ0) is 31.7. The lowest BCUT2D eigenvalue weighted by Crippen LogP contribution is -2.55. The largest absolute Gasteiger partial charge is 0.480 e. The highest BCUT2D eigenvalue weighted by Crippen LogP contribution is 2.40. The van der Waals surface area contributed by atoms with Crippen molar-refractivity contribution in [1.82, 2.24) is 10.6 Å². The minimum absolute atomic E-state index is 0.269. The molecule has 8 N–H and O–H groups in total. The fourth-order valence-electron chi connectivity index (χ4n) is 4.85. The second kappa shape index (κ2) is 16.5. The lowest BCUT2D eigenvalue weighted by atomic mass is 9.90. The van der Waals surface area contributed by atoms with E-state index in [1.54, 1.807) is 26.1 Å². The second-order valence-electron chi connectivity index (χ2n) is 11.1. The molecule has 11 nitrogen and oxygen atoms in total. The minimum Gasteiger partial charge on any atom is -0.480 e. The Morgan fingerprint density at radius 1 is 1.00 bits per heavy atom. The van der Waals surface area contributed by atoms with Gasteiger partial charge >= 0.3 is 11.9 Å². The number of aliphatic carboxylic acids is 2. The quantitative estimate of drug-likeness (QED) is 0.214. The van der Waals surface area contributed by atoms with Gasteiger partial charge in [0.15, 0.2) is 0 Å². The van der Waals surface area contributed by atoms with E-state index in [1.807, 2.05) is 6.07 Å². The number of ether oxygens (including phenoxy) is 1. The Bertz CT molecular complexity index is 1190. The van der Waals surface area contributed by atoms with Crippen LogP contribution in [0.3, 0.4) is 0 Å². The molecule has 0 spiro atoms. The number of nitrogens with one attached hydrogen (secondary N) is 2. The van der Waals surface area contributed by atoms with Crippen molar-refractivity contribution in [2.24, 2.45) is 0 Å². The molecule has 0 unspecified atom stereocenters. The van der Waals surface area contributed by atoms with Gasteiger partial charge in [-0.2, -0.15) is 0 Å². The first-order valence-electron chi connectivity index (χ1n) is 14.5. The summed E-state index contributed by atoms with van der Waals surface area (Å²) in [6, 6.07) is 13.2. The zero-order valence-electron chi connectivity index (χ0n) is 24.4. The van der Waals surface area contributed by atoms with Crippen molar-refractivity contribution >= 4 is 23.5 Å². The van der Waals surface area contributed by atoms with Gasteiger partial charge in [-0.3, -0.25) is 9.59 Å². The Balaban J connectivity index is 0.000000277. The number of benzene rings is 2. The van der Waals surface area contributed by atoms with E-state index in [-0.39, 0.29) is 6.04 Å². The van der Waals surface area contributed by atoms with Crippen LogP contribution in [0.1, 0.15) is 66.9 Å². The Labute approximate surface area is 256 Å². The third-order valence-electron chi connectivity index (χ3n) is 7.88. The fourth-order valence-corrected chi connectivity index (χ4v) is 5.03. The van der Waals surface area contributed by atoms with Crippen LogP contribution in [0.2, 0.25) is 5.02 Å². The first-order valence-corrected chi connectivity index (χ1v) is 14.9. The highest BCUT2D eigenvalue weighted by Gasteiger charge is 2.44. The van der Waals surface area contributed by atoms with Crippen LogP contribution >= 0.6 is 11.6 Å². The van der Waals surface area contributed by atoms with E-state index < -0.39 is 55.1 Å². The standard InChI is InChI=1S/C22H25ClO5.C5H9NO2.C4H9NO2/c23-17-8-7-15(22-21(27)20(26)19(25)18(11-24)28-22)10-16(17)9-12-1-3-13(4-2-12)14-5-6-14;7-5(8)4-2-1-3-6-4;1-3(5-2)4(6)7/h1-4,7-8,10,14,18-22,24-27H,5-6,9,11H2;4,6H,1-3H2,(H,7,8);3,5H,1-2H3,(H,6,7)/t18-,19-,20+,21-,22+;4-;3-/m100/s1. The van der Waals surface area contributed by atoms with E-state index in [0.717, 1.165) is 30.5 Å². The van der Waals surface area contributed by atoms with Crippen LogP contribution in [0.25, 0.3) is 0 Å². The van der Waals surface area contributed by atoms with Gasteiger partial charge in [-0.25, -0.2) is 0 Å². The number of likely N-dealkylation sites (N-methyl/N-ethyl adjacent to an activating group) is 1. The van der Waals surface area contributed by atoms with Crippen LogP contribution < -0.4 is 10.6 Å². The summed E-state index contributed by atoms with van der Waals surface area (Å²) in [6.45, 7) is 1.99. The number of hydrogen-bond donors (Lipinski definition) is 8. The first-order chi connectivity index (χ1) is 20.5. The molecule has 2 heterocycles. The van der Waals surface area contributed by atoms with E-state index in [1.165, 1.54) is 18.4 Å². The summed E-state index contributed by atoms with van der Waals surface area (Å²) < 4.78 is 5.66. The average molecular weight is 623 g/mol. The fraction of sp³-hybridized carbons (Fsp3) is 0.548. The van der Waals surface area contributed by atoms with Gasteiger partial charge < -0.3 is 46.0 Å². The van der Waals surface area contributed by atoms with Crippen LogP contribution in [0.5, 0.6) is 0 Å². The van der Waals surface area contributed by atoms with Crippen LogP contribution in [0.4, 0.5) is 0 Å². The first kappa shape index (κ1) is 34.9. The Kier molecular flexibility index (Phi) is 13.3. The maximum Gasteiger partial charge on any atom is 0.320 e. The molecular formula is C31H43ClN2O9. The molecule has 238 valence electrons. The number of rotatable bonds is 8. The summed E-state index contributed by atoms with van der Waals surface area (Å²) >= 11 is 6.39. The third kappa shape index (κ3) is 9.95. The van der Waals surface area contributed by atoms with E-state index in [2.05, 4.69) is 34.9 Å². The summed E-state index contributed by atoms with van der Waals surface area (Å²) in [5.41, 5.74) is 4.04. The van der Waals surface area contributed by atoms with Crippen LogP contribution in [0.15, 0.2) is 42.5 Å². The molecule has 2 saturated heterocycles. The smallest absolute Gasteiger partial charge is 0.320 e. The van der Waals surface area contributed by atoms with Crippen LogP contribution in [-0.4, -0.2) is 99.3 Å². The molecule has 2 aromatic rings. The molecule has 5 rings (SSSR count). The van der Waals surface area contributed by atoms with Crippen molar-refractivity contribution < 1.29 is 45.0 Å².